The lowest BCUT2D eigenvalue weighted by molar-refractivity contribution is 0.0490. The molecule has 1 aromatic heterocycles. The average molecular weight is 287 g/mol. The first-order valence-electron chi connectivity index (χ1n) is 5.77. The quantitative estimate of drug-likeness (QED) is 0.913. The van der Waals surface area contributed by atoms with Crippen molar-refractivity contribution in [3.05, 3.63) is 28.5 Å². The molecule has 0 aliphatic rings. The maximum absolute atomic E-state index is 10.1. The summed E-state index contributed by atoms with van der Waals surface area (Å²) < 4.78 is 1.90. The lowest BCUT2D eigenvalue weighted by Gasteiger charge is -2.26. The molecule has 1 heterocycles. The Labute approximate surface area is 116 Å². The third-order valence-electron chi connectivity index (χ3n) is 3.03. The molecule has 0 aliphatic carbocycles. The number of halogens is 2. The number of nitrogens with zero attached hydrogens (tertiary/aromatic N) is 2. The van der Waals surface area contributed by atoms with Gasteiger partial charge in [0.2, 0.25) is 0 Å². The van der Waals surface area contributed by atoms with Crippen molar-refractivity contribution in [3.63, 3.8) is 0 Å². The predicted octanol–water partition coefficient (Wildman–Crippen LogP) is 3.75. The molecule has 0 fully saturated rings. The molecule has 0 spiro atoms. The van der Waals surface area contributed by atoms with Gasteiger partial charge in [0.15, 0.2) is 0 Å². The van der Waals surface area contributed by atoms with Crippen LogP contribution in [0.5, 0.6) is 0 Å². The van der Waals surface area contributed by atoms with Gasteiger partial charge in [0, 0.05) is 0 Å². The predicted molar refractivity (Wildman–Crippen MR) is 75.2 cm³/mol. The summed E-state index contributed by atoms with van der Waals surface area (Å²) in [6, 6.07) is 3.51. The van der Waals surface area contributed by atoms with Crippen molar-refractivity contribution in [1.29, 1.82) is 0 Å². The van der Waals surface area contributed by atoms with Gasteiger partial charge in [0.1, 0.15) is 0 Å². The van der Waals surface area contributed by atoms with E-state index in [4.69, 9.17) is 23.2 Å². The highest BCUT2D eigenvalue weighted by atomic mass is 35.5. The van der Waals surface area contributed by atoms with Crippen LogP contribution in [0.25, 0.3) is 11.0 Å². The van der Waals surface area contributed by atoms with Crippen LogP contribution in [0.4, 0.5) is 0 Å². The molecule has 1 atom stereocenters. The van der Waals surface area contributed by atoms with Gasteiger partial charge in [-0.05, 0) is 17.5 Å². The molecule has 2 aromatic rings. The number of aliphatic hydroxyl groups excluding tert-OH is 1. The summed E-state index contributed by atoms with van der Waals surface area (Å²) in [5.41, 5.74) is 1.49. The highest BCUT2D eigenvalue weighted by Crippen LogP contribution is 2.28. The van der Waals surface area contributed by atoms with Gasteiger partial charge in [-0.25, -0.2) is 4.98 Å². The van der Waals surface area contributed by atoms with E-state index in [9.17, 15) is 5.11 Å². The summed E-state index contributed by atoms with van der Waals surface area (Å²) in [5, 5.41) is 11.1. The van der Waals surface area contributed by atoms with Crippen LogP contribution in [0.2, 0.25) is 10.0 Å². The first-order chi connectivity index (χ1) is 8.29. The van der Waals surface area contributed by atoms with Crippen LogP contribution >= 0.6 is 23.2 Å². The van der Waals surface area contributed by atoms with Gasteiger partial charge in [-0.2, -0.15) is 0 Å². The minimum absolute atomic E-state index is 0.174. The highest BCUT2D eigenvalue weighted by molar-refractivity contribution is 6.42. The zero-order valence-electron chi connectivity index (χ0n) is 10.6. The maximum atomic E-state index is 10.1. The Hall–Kier alpha value is -0.770. The SMILES string of the molecule is CC(C)(C)[C@H](O)Cn1cnc2cc(Cl)c(Cl)cc21. The lowest BCUT2D eigenvalue weighted by Crippen LogP contribution is -2.30. The van der Waals surface area contributed by atoms with E-state index in [1.165, 1.54) is 0 Å². The normalized spacial score (nSPS) is 14.1. The Morgan fingerprint density at radius 3 is 2.50 bits per heavy atom. The summed E-state index contributed by atoms with van der Waals surface area (Å²) in [6.07, 6.45) is 1.25. The molecule has 5 heteroatoms. The Morgan fingerprint density at radius 2 is 1.89 bits per heavy atom. The van der Waals surface area contributed by atoms with Crippen molar-refractivity contribution in [2.45, 2.75) is 33.4 Å². The van der Waals surface area contributed by atoms with Gasteiger partial charge in [0.25, 0.3) is 0 Å². The molecule has 0 amide bonds. The number of aliphatic hydroxyl groups is 1. The minimum Gasteiger partial charge on any atom is -0.391 e. The molecule has 1 N–H and O–H groups in total. The van der Waals surface area contributed by atoms with Gasteiger partial charge in [-0.15, -0.1) is 0 Å². The molecule has 1 aromatic carbocycles. The molecule has 0 aliphatic heterocycles. The van der Waals surface area contributed by atoms with Crippen molar-refractivity contribution >= 4 is 34.2 Å². The number of hydrogen-bond acceptors (Lipinski definition) is 2. The first kappa shape index (κ1) is 13.7. The van der Waals surface area contributed by atoms with E-state index in [0.717, 1.165) is 11.0 Å². The Balaban J connectivity index is 2.38. The molecular formula is C13H16Cl2N2O. The molecule has 3 nitrogen and oxygen atoms in total. The number of imidazole rings is 1. The monoisotopic (exact) mass is 286 g/mol. The number of benzene rings is 1. The lowest BCUT2D eigenvalue weighted by atomic mass is 9.89. The zero-order valence-corrected chi connectivity index (χ0v) is 12.1. The molecule has 0 unspecified atom stereocenters. The van der Waals surface area contributed by atoms with Gasteiger partial charge >= 0.3 is 0 Å². The number of fused-ring (bicyclic) bond motifs is 1. The maximum Gasteiger partial charge on any atom is 0.0959 e. The molecule has 2 rings (SSSR count). The zero-order chi connectivity index (χ0) is 13.5. The smallest absolute Gasteiger partial charge is 0.0959 e. The third kappa shape index (κ3) is 2.63. The van der Waals surface area contributed by atoms with E-state index in [-0.39, 0.29) is 5.41 Å². The van der Waals surface area contributed by atoms with Crippen LogP contribution < -0.4 is 0 Å². The van der Waals surface area contributed by atoms with Gasteiger partial charge in [0.05, 0.1) is 40.1 Å². The fraction of sp³-hybridized carbons (Fsp3) is 0.462. The number of rotatable bonds is 2. The highest BCUT2D eigenvalue weighted by Gasteiger charge is 2.23. The second-order valence-corrected chi connectivity index (χ2v) is 6.35. The topological polar surface area (TPSA) is 38.0 Å². The van der Waals surface area contributed by atoms with Crippen LogP contribution in [0.1, 0.15) is 20.8 Å². The van der Waals surface area contributed by atoms with E-state index < -0.39 is 6.10 Å². The van der Waals surface area contributed by atoms with Crippen LogP contribution in [0, 0.1) is 5.41 Å². The summed E-state index contributed by atoms with van der Waals surface area (Å²) >= 11 is 12.0. The third-order valence-corrected chi connectivity index (χ3v) is 3.75. The second-order valence-electron chi connectivity index (χ2n) is 5.53. The minimum atomic E-state index is -0.454. The molecule has 0 saturated carbocycles. The van der Waals surface area contributed by atoms with Crippen molar-refractivity contribution in [2.24, 2.45) is 5.41 Å². The largest absolute Gasteiger partial charge is 0.391 e. The number of hydrogen-bond donors (Lipinski definition) is 1. The molecule has 98 valence electrons. The van der Waals surface area contributed by atoms with Gasteiger partial charge < -0.3 is 9.67 Å². The Kier molecular flexibility index (Phi) is 3.58. The summed E-state index contributed by atoms with van der Waals surface area (Å²) in [7, 11) is 0. The van der Waals surface area contributed by atoms with Crippen LogP contribution in [-0.4, -0.2) is 20.8 Å². The van der Waals surface area contributed by atoms with Gasteiger partial charge in [-0.3, -0.25) is 0 Å². The van der Waals surface area contributed by atoms with Crippen LogP contribution in [-0.2, 0) is 6.54 Å². The summed E-state index contributed by atoms with van der Waals surface area (Å²) in [5.74, 6) is 0. The van der Waals surface area contributed by atoms with Crippen molar-refractivity contribution in [2.75, 3.05) is 0 Å². The molecular weight excluding hydrogens is 271 g/mol. The van der Waals surface area contributed by atoms with E-state index in [1.54, 1.807) is 18.5 Å². The van der Waals surface area contributed by atoms with Gasteiger partial charge in [-0.1, -0.05) is 44.0 Å². The molecule has 0 bridgehead atoms. The average Bonchev–Trinajstić information content (AvgIpc) is 2.61. The van der Waals surface area contributed by atoms with E-state index in [0.29, 0.717) is 16.6 Å². The molecule has 0 radical (unpaired) electrons. The van der Waals surface area contributed by atoms with E-state index in [1.807, 2.05) is 25.3 Å². The standard InChI is InChI=1S/C13H16Cl2N2O/c1-13(2,3)12(18)6-17-7-16-10-4-8(14)9(15)5-11(10)17/h4-5,7,12,18H,6H2,1-3H3/t12-/m1/s1. The Bertz CT molecular complexity index is 572. The Morgan fingerprint density at radius 1 is 1.28 bits per heavy atom. The molecule has 0 saturated heterocycles. The first-order valence-corrected chi connectivity index (χ1v) is 6.52. The van der Waals surface area contributed by atoms with Crippen molar-refractivity contribution < 1.29 is 5.11 Å². The summed E-state index contributed by atoms with van der Waals surface area (Å²) in [4.78, 5) is 4.26. The van der Waals surface area contributed by atoms with Crippen molar-refractivity contribution in [1.82, 2.24) is 9.55 Å². The summed E-state index contributed by atoms with van der Waals surface area (Å²) in [6.45, 7) is 6.49. The number of aromatic nitrogens is 2. The van der Waals surface area contributed by atoms with Crippen molar-refractivity contribution in [3.8, 4) is 0 Å². The fourth-order valence-corrected chi connectivity index (χ4v) is 1.97. The van der Waals surface area contributed by atoms with Crippen LogP contribution in [0.15, 0.2) is 18.5 Å². The van der Waals surface area contributed by atoms with E-state index >= 15 is 0 Å². The fourth-order valence-electron chi connectivity index (χ4n) is 1.66. The van der Waals surface area contributed by atoms with E-state index in [2.05, 4.69) is 4.98 Å². The molecule has 18 heavy (non-hydrogen) atoms. The second kappa shape index (κ2) is 4.72. The van der Waals surface area contributed by atoms with Crippen LogP contribution in [0.3, 0.4) is 0 Å².